The molecule has 0 amide bonds. The molecule has 0 saturated carbocycles. The second kappa shape index (κ2) is 2.21. The van der Waals surface area contributed by atoms with Crippen LogP contribution >= 0.6 is 0 Å². The minimum Gasteiger partial charge on any atom is -0.330 e. The van der Waals surface area contributed by atoms with Gasteiger partial charge < -0.3 is 5.73 Å². The number of rotatable bonds is 1. The molecule has 0 saturated heterocycles. The van der Waals surface area contributed by atoms with Gasteiger partial charge >= 0.3 is 0 Å². The Morgan fingerprint density at radius 3 is 2.20 bits per heavy atom. The van der Waals surface area contributed by atoms with Crippen molar-refractivity contribution in [2.45, 2.75) is 6.92 Å². The molecule has 1 unspecified atom stereocenters. The highest BCUT2D eigenvalue weighted by molar-refractivity contribution is 4.50. The molecule has 1 nitrogen and oxygen atoms in total. The van der Waals surface area contributed by atoms with Crippen LogP contribution in [0.1, 0.15) is 6.92 Å². The Balaban J connectivity index is 2.54. The van der Waals surface area contributed by atoms with E-state index in [4.69, 9.17) is 5.73 Å². The largest absolute Gasteiger partial charge is 0.330 e. The Bertz CT molecular complexity index is 17.6. The van der Waals surface area contributed by atoms with Crippen LogP contribution in [0.4, 0.5) is 0 Å². The van der Waals surface area contributed by atoms with E-state index in [0.29, 0.717) is 12.5 Å². The van der Waals surface area contributed by atoms with Gasteiger partial charge in [-0.1, -0.05) is 6.92 Å². The molecule has 2 N–H and O–H groups in total. The summed E-state index contributed by atoms with van der Waals surface area (Å²) in [6, 6.07) is 0. The highest BCUT2D eigenvalue weighted by Gasteiger charge is 1.80. The lowest BCUT2D eigenvalue weighted by Gasteiger charge is -1.90. The Hall–Kier alpha value is -0.0400. The number of hydrogen-bond acceptors (Lipinski definition) is 1. The van der Waals surface area contributed by atoms with Gasteiger partial charge in [0.05, 0.1) is 0 Å². The third-order valence-corrected chi connectivity index (χ3v) is 0.402. The first-order valence-corrected chi connectivity index (χ1v) is 1.80. The van der Waals surface area contributed by atoms with Crippen molar-refractivity contribution in [3.05, 3.63) is 6.92 Å². The van der Waals surface area contributed by atoms with Gasteiger partial charge in [-0.2, -0.15) is 0 Å². The molecule has 0 aliphatic heterocycles. The van der Waals surface area contributed by atoms with E-state index in [0.717, 1.165) is 0 Å². The minimum absolute atomic E-state index is 0.412. The summed E-state index contributed by atoms with van der Waals surface area (Å²) in [5.41, 5.74) is 5.11. The van der Waals surface area contributed by atoms with Gasteiger partial charge in [0, 0.05) is 0 Å². The van der Waals surface area contributed by atoms with Gasteiger partial charge in [-0.05, 0) is 19.4 Å². The summed E-state index contributed by atoms with van der Waals surface area (Å²) in [5, 5.41) is 0. The van der Waals surface area contributed by atoms with Gasteiger partial charge in [-0.3, -0.25) is 0 Å². The van der Waals surface area contributed by atoms with Crippen LogP contribution in [0.15, 0.2) is 0 Å². The lowest BCUT2D eigenvalue weighted by molar-refractivity contribution is 0.736. The van der Waals surface area contributed by atoms with Gasteiger partial charge in [0.2, 0.25) is 0 Å². The average molecular weight is 72.1 g/mol. The van der Waals surface area contributed by atoms with Gasteiger partial charge in [-0.25, -0.2) is 0 Å². The van der Waals surface area contributed by atoms with Gasteiger partial charge in [0.15, 0.2) is 0 Å². The van der Waals surface area contributed by atoms with Crippen LogP contribution in [0.2, 0.25) is 0 Å². The lowest BCUT2D eigenvalue weighted by Crippen LogP contribution is -2.05. The maximum Gasteiger partial charge on any atom is -0.00515 e. The van der Waals surface area contributed by atoms with Crippen molar-refractivity contribution in [1.29, 1.82) is 0 Å². The molecule has 31 valence electrons. The lowest BCUT2D eigenvalue weighted by atomic mass is 10.2. The molecule has 0 spiro atoms. The first-order valence-electron chi connectivity index (χ1n) is 1.80. The molecule has 0 aliphatic rings. The van der Waals surface area contributed by atoms with E-state index in [-0.39, 0.29) is 0 Å². The predicted octanol–water partition coefficient (Wildman–Crippen LogP) is 0.415. The molecule has 0 aromatic rings. The average Bonchev–Trinajstić information content (AvgIpc) is 1.38. The van der Waals surface area contributed by atoms with Crippen LogP contribution in [-0.4, -0.2) is 6.54 Å². The van der Waals surface area contributed by atoms with E-state index in [9.17, 15) is 0 Å². The van der Waals surface area contributed by atoms with Crippen LogP contribution in [-0.2, 0) is 0 Å². The van der Waals surface area contributed by atoms with Crippen molar-refractivity contribution in [2.75, 3.05) is 6.54 Å². The Kier molecular flexibility index (Phi) is 2.19. The third-order valence-electron chi connectivity index (χ3n) is 0.402. The highest BCUT2D eigenvalue weighted by atomic mass is 14.5. The molecule has 1 atom stereocenters. The second-order valence-corrected chi connectivity index (χ2v) is 1.34. The molecule has 0 aromatic heterocycles. The molecular formula is C4H10N. The Morgan fingerprint density at radius 1 is 2.00 bits per heavy atom. The zero-order valence-electron chi connectivity index (χ0n) is 3.57. The van der Waals surface area contributed by atoms with Crippen molar-refractivity contribution >= 4 is 0 Å². The molecule has 0 aliphatic carbocycles. The smallest absolute Gasteiger partial charge is 0.00515 e. The summed E-state index contributed by atoms with van der Waals surface area (Å²) in [6.45, 7) is 6.31. The third kappa shape index (κ3) is 3.96. The summed E-state index contributed by atoms with van der Waals surface area (Å²) in [6.07, 6.45) is 0. The quantitative estimate of drug-likeness (QED) is 0.477. The van der Waals surface area contributed by atoms with E-state index >= 15 is 0 Å². The molecule has 1 radical (unpaired) electrons. The van der Waals surface area contributed by atoms with Gasteiger partial charge in [0.1, 0.15) is 0 Å². The zero-order chi connectivity index (χ0) is 4.28. The topological polar surface area (TPSA) is 26.0 Å². The standard InChI is InChI=1S/C4H10N/c1-4(2)3-5/h4H,1,3,5H2,2H3. The van der Waals surface area contributed by atoms with Gasteiger partial charge in [-0.15, -0.1) is 0 Å². The molecule has 0 fully saturated rings. The first-order chi connectivity index (χ1) is 2.27. The van der Waals surface area contributed by atoms with E-state index in [1.54, 1.807) is 0 Å². The maximum absolute atomic E-state index is 5.11. The fourth-order valence-corrected chi connectivity index (χ4v) is 0. The van der Waals surface area contributed by atoms with Crippen molar-refractivity contribution in [1.82, 2.24) is 0 Å². The molecule has 5 heavy (non-hydrogen) atoms. The van der Waals surface area contributed by atoms with Crippen LogP contribution < -0.4 is 5.73 Å². The molecule has 0 heterocycles. The van der Waals surface area contributed by atoms with Crippen LogP contribution in [0, 0.1) is 12.8 Å². The summed E-state index contributed by atoms with van der Waals surface area (Å²) in [4.78, 5) is 0. The fraction of sp³-hybridized carbons (Fsp3) is 0.750. The van der Waals surface area contributed by atoms with Crippen LogP contribution in [0.5, 0.6) is 0 Å². The van der Waals surface area contributed by atoms with Crippen molar-refractivity contribution < 1.29 is 0 Å². The van der Waals surface area contributed by atoms with E-state index in [1.807, 2.05) is 6.92 Å². The van der Waals surface area contributed by atoms with E-state index < -0.39 is 0 Å². The van der Waals surface area contributed by atoms with Gasteiger partial charge in [0.25, 0.3) is 0 Å². The van der Waals surface area contributed by atoms with Crippen molar-refractivity contribution in [2.24, 2.45) is 11.7 Å². The monoisotopic (exact) mass is 72.1 g/mol. The first kappa shape index (κ1) is 4.96. The normalized spacial score (nSPS) is 9.60. The van der Waals surface area contributed by atoms with Crippen molar-refractivity contribution in [3.8, 4) is 0 Å². The van der Waals surface area contributed by atoms with Crippen LogP contribution in [0.3, 0.4) is 0 Å². The number of nitrogens with two attached hydrogens (primary N) is 1. The second-order valence-electron chi connectivity index (χ2n) is 1.34. The fourth-order valence-electron chi connectivity index (χ4n) is 0. The maximum atomic E-state index is 5.11. The number of hydrogen-bond donors (Lipinski definition) is 1. The predicted molar refractivity (Wildman–Crippen MR) is 23.6 cm³/mol. The molecule has 0 rings (SSSR count). The minimum atomic E-state index is 0.412. The van der Waals surface area contributed by atoms with Crippen molar-refractivity contribution in [3.63, 3.8) is 0 Å². The summed E-state index contributed by atoms with van der Waals surface area (Å²) in [7, 11) is 0. The summed E-state index contributed by atoms with van der Waals surface area (Å²) in [5.74, 6) is 0.412. The summed E-state index contributed by atoms with van der Waals surface area (Å²) >= 11 is 0. The zero-order valence-corrected chi connectivity index (χ0v) is 3.57. The Labute approximate surface area is 33.2 Å². The van der Waals surface area contributed by atoms with Crippen LogP contribution in [0.25, 0.3) is 0 Å². The molecule has 1 heteroatoms. The summed E-state index contributed by atoms with van der Waals surface area (Å²) < 4.78 is 0. The SMILES string of the molecule is [CH2]C(C)CN. The highest BCUT2D eigenvalue weighted by Crippen LogP contribution is 1.80. The van der Waals surface area contributed by atoms with E-state index in [1.165, 1.54) is 0 Å². The molecule has 0 aromatic carbocycles. The Morgan fingerprint density at radius 2 is 2.20 bits per heavy atom. The molecule has 0 bridgehead atoms. The van der Waals surface area contributed by atoms with E-state index in [2.05, 4.69) is 6.92 Å². The molecular weight excluding hydrogens is 62.1 g/mol.